The molecule has 0 radical (unpaired) electrons. The Labute approximate surface area is 179 Å². The van der Waals surface area contributed by atoms with Crippen molar-refractivity contribution in [3.05, 3.63) is 46.5 Å². The summed E-state index contributed by atoms with van der Waals surface area (Å²) < 4.78 is 8.89. The molecule has 3 aromatic heterocycles. The number of fused-ring (bicyclic) bond motifs is 1. The number of nitrogens with zero attached hydrogens (tertiary/aromatic N) is 4. The first-order chi connectivity index (χ1) is 14.8. The van der Waals surface area contributed by atoms with Crippen LogP contribution in [-0.4, -0.2) is 44.8 Å². The molecule has 1 fully saturated rings. The van der Waals surface area contributed by atoms with Crippen LogP contribution < -0.4 is 21.9 Å². The van der Waals surface area contributed by atoms with Gasteiger partial charge in [0.25, 0.3) is 11.5 Å². The Morgan fingerprint density at radius 1 is 1.35 bits per heavy atom. The van der Waals surface area contributed by atoms with Gasteiger partial charge in [0.15, 0.2) is 5.65 Å². The van der Waals surface area contributed by atoms with Crippen molar-refractivity contribution in [1.82, 2.24) is 19.2 Å². The van der Waals surface area contributed by atoms with Gasteiger partial charge in [-0.3, -0.25) is 9.59 Å². The number of aromatic nitrogens is 4. The minimum absolute atomic E-state index is 0.121. The molecule has 4 rings (SSSR count). The number of nitrogens with two attached hydrogens (primary N) is 1. The summed E-state index contributed by atoms with van der Waals surface area (Å²) in [7, 11) is 3.47. The molecule has 0 atom stereocenters. The van der Waals surface area contributed by atoms with E-state index >= 15 is 0 Å². The summed E-state index contributed by atoms with van der Waals surface area (Å²) in [5.74, 6) is 0.386. The molecule has 3 heterocycles. The molecule has 0 aromatic carbocycles. The second kappa shape index (κ2) is 8.03. The Morgan fingerprint density at radius 2 is 2.10 bits per heavy atom. The van der Waals surface area contributed by atoms with Gasteiger partial charge >= 0.3 is 0 Å². The monoisotopic (exact) mass is 425 g/mol. The number of methoxy groups -OCH3 is 1. The van der Waals surface area contributed by atoms with Crippen molar-refractivity contribution in [2.75, 3.05) is 24.8 Å². The fourth-order valence-corrected chi connectivity index (χ4v) is 4.11. The Bertz CT molecular complexity index is 1180. The lowest BCUT2D eigenvalue weighted by molar-refractivity contribution is -0.0324. The third-order valence-corrected chi connectivity index (χ3v) is 6.13. The topological polar surface area (TPSA) is 129 Å². The van der Waals surface area contributed by atoms with E-state index in [4.69, 9.17) is 10.5 Å². The molecule has 0 aliphatic heterocycles. The van der Waals surface area contributed by atoms with Crippen LogP contribution in [0, 0.1) is 0 Å². The minimum atomic E-state index is -0.621. The van der Waals surface area contributed by atoms with Gasteiger partial charge in [0.05, 0.1) is 11.8 Å². The van der Waals surface area contributed by atoms with Gasteiger partial charge in [0.1, 0.15) is 22.9 Å². The summed E-state index contributed by atoms with van der Waals surface area (Å²) in [4.78, 5) is 29.4. The van der Waals surface area contributed by atoms with Crippen LogP contribution in [0.1, 0.15) is 49.0 Å². The van der Waals surface area contributed by atoms with Gasteiger partial charge in [-0.25, -0.2) is 4.98 Å². The van der Waals surface area contributed by atoms with E-state index in [-0.39, 0.29) is 22.8 Å². The maximum Gasteiger partial charge on any atom is 0.274 e. The lowest BCUT2D eigenvalue weighted by Crippen LogP contribution is -2.36. The van der Waals surface area contributed by atoms with Gasteiger partial charge < -0.3 is 25.7 Å². The maximum absolute atomic E-state index is 13.2. The maximum atomic E-state index is 13.2. The quantitative estimate of drug-likeness (QED) is 0.553. The summed E-state index contributed by atoms with van der Waals surface area (Å²) >= 11 is 0. The third kappa shape index (κ3) is 3.86. The van der Waals surface area contributed by atoms with Crippen molar-refractivity contribution < 1.29 is 9.53 Å². The molecule has 10 heteroatoms. The second-order valence-corrected chi connectivity index (χ2v) is 8.08. The van der Waals surface area contributed by atoms with Crippen LogP contribution in [0.4, 0.5) is 17.3 Å². The first-order valence-corrected chi connectivity index (χ1v) is 10.2. The summed E-state index contributed by atoms with van der Waals surface area (Å²) in [6.07, 6.45) is 6.75. The van der Waals surface area contributed by atoms with Crippen LogP contribution in [0.5, 0.6) is 0 Å². The highest BCUT2D eigenvalue weighted by Crippen LogP contribution is 2.36. The molecule has 4 N–H and O–H groups in total. The Kier molecular flexibility index (Phi) is 5.40. The van der Waals surface area contributed by atoms with E-state index in [1.807, 2.05) is 12.3 Å². The number of carbonyl (C=O) groups is 1. The molecule has 1 aliphatic carbocycles. The van der Waals surface area contributed by atoms with Crippen molar-refractivity contribution in [1.29, 1.82) is 0 Å². The highest BCUT2D eigenvalue weighted by molar-refractivity contribution is 5.98. The minimum Gasteiger partial charge on any atom is -0.379 e. The molecule has 1 aliphatic rings. The van der Waals surface area contributed by atoms with E-state index < -0.39 is 5.91 Å². The lowest BCUT2D eigenvalue weighted by atomic mass is 9.83. The molecular formula is C21H27N7O3. The zero-order valence-electron chi connectivity index (χ0n) is 17.9. The average Bonchev–Trinajstić information content (AvgIpc) is 3.20. The van der Waals surface area contributed by atoms with Crippen LogP contribution >= 0.6 is 0 Å². The summed E-state index contributed by atoms with van der Waals surface area (Å²) in [6, 6.07) is 5.40. The van der Waals surface area contributed by atoms with E-state index in [1.165, 1.54) is 10.7 Å². The normalized spacial score (nSPS) is 21.2. The molecule has 0 bridgehead atoms. The third-order valence-electron chi connectivity index (χ3n) is 6.13. The van der Waals surface area contributed by atoms with E-state index in [9.17, 15) is 9.59 Å². The average molecular weight is 425 g/mol. The van der Waals surface area contributed by atoms with Gasteiger partial charge in [0.2, 0.25) is 0 Å². The van der Waals surface area contributed by atoms with Crippen LogP contribution in [0.2, 0.25) is 0 Å². The van der Waals surface area contributed by atoms with Crippen molar-refractivity contribution in [3.63, 3.8) is 0 Å². The van der Waals surface area contributed by atoms with E-state index in [0.29, 0.717) is 23.0 Å². The number of hydrogen-bond acceptors (Lipinski definition) is 7. The fourth-order valence-electron chi connectivity index (χ4n) is 4.11. The van der Waals surface area contributed by atoms with Gasteiger partial charge in [-0.2, -0.15) is 9.61 Å². The lowest BCUT2D eigenvalue weighted by Gasteiger charge is -2.36. The van der Waals surface area contributed by atoms with E-state index in [1.54, 1.807) is 30.9 Å². The number of anilines is 3. The first-order valence-electron chi connectivity index (χ1n) is 10.2. The van der Waals surface area contributed by atoms with Gasteiger partial charge in [0, 0.05) is 32.5 Å². The Hall–Kier alpha value is -3.40. The predicted molar refractivity (Wildman–Crippen MR) is 118 cm³/mol. The Morgan fingerprint density at radius 3 is 2.74 bits per heavy atom. The highest BCUT2D eigenvalue weighted by atomic mass is 16.5. The van der Waals surface area contributed by atoms with Crippen LogP contribution in [-0.2, 0) is 4.74 Å². The number of rotatable bonds is 6. The molecule has 0 spiro atoms. The molecule has 1 saturated carbocycles. The zero-order chi connectivity index (χ0) is 22.2. The van der Waals surface area contributed by atoms with Crippen LogP contribution in [0.25, 0.3) is 5.65 Å². The SMILES string of the molecule is CNc1cc(Nc2cccn([C@H]3CC[C@](C)(OC)CC3)c2=O)nc2c(C(N)=O)cnn12. The first kappa shape index (κ1) is 20.9. The van der Waals surface area contributed by atoms with Crippen molar-refractivity contribution >= 4 is 28.9 Å². The van der Waals surface area contributed by atoms with Gasteiger partial charge in [-0.15, -0.1) is 0 Å². The standard InChI is InChI=1S/C21H27N7O3/c1-21(31-3)8-6-13(7-9-21)27-10-4-5-15(20(27)30)25-16-11-17(23-2)28-19(26-16)14(12-24-28)18(22)29/h4-5,10-13,23H,6-9H2,1-3H3,(H2,22,29)(H,25,26)/t13-,21-. The summed E-state index contributed by atoms with van der Waals surface area (Å²) in [5.41, 5.74) is 6.11. The zero-order valence-corrected chi connectivity index (χ0v) is 17.9. The fraction of sp³-hybridized carbons (Fsp3) is 0.429. The summed E-state index contributed by atoms with van der Waals surface area (Å²) in [5, 5.41) is 10.3. The molecule has 1 amide bonds. The second-order valence-electron chi connectivity index (χ2n) is 8.08. The highest BCUT2D eigenvalue weighted by Gasteiger charge is 2.32. The number of hydrogen-bond donors (Lipinski definition) is 3. The van der Waals surface area contributed by atoms with Gasteiger partial charge in [-0.05, 0) is 44.7 Å². The molecule has 3 aromatic rings. The van der Waals surface area contributed by atoms with Crippen molar-refractivity contribution in [3.8, 4) is 0 Å². The van der Waals surface area contributed by atoms with Crippen LogP contribution in [0.15, 0.2) is 35.4 Å². The number of amides is 1. The number of nitrogens with one attached hydrogen (secondary N) is 2. The number of ether oxygens (including phenoxy) is 1. The van der Waals surface area contributed by atoms with Crippen molar-refractivity contribution in [2.24, 2.45) is 5.73 Å². The van der Waals surface area contributed by atoms with Gasteiger partial charge in [-0.1, -0.05) is 0 Å². The van der Waals surface area contributed by atoms with Crippen LogP contribution in [0.3, 0.4) is 0 Å². The number of pyridine rings is 1. The molecule has 164 valence electrons. The summed E-state index contributed by atoms with van der Waals surface area (Å²) in [6.45, 7) is 2.11. The van der Waals surface area contributed by atoms with E-state index in [2.05, 4.69) is 27.6 Å². The van der Waals surface area contributed by atoms with Crippen molar-refractivity contribution in [2.45, 2.75) is 44.2 Å². The molecule has 0 saturated heterocycles. The molecular weight excluding hydrogens is 398 g/mol. The smallest absolute Gasteiger partial charge is 0.274 e. The largest absolute Gasteiger partial charge is 0.379 e. The van der Waals surface area contributed by atoms with E-state index in [0.717, 1.165) is 25.7 Å². The molecule has 10 nitrogen and oxygen atoms in total. The number of primary amides is 1. The predicted octanol–water partition coefficient (Wildman–Crippen LogP) is 2.30. The molecule has 31 heavy (non-hydrogen) atoms. The molecule has 0 unspecified atom stereocenters. The Balaban J connectivity index is 1.65. The number of carbonyl (C=O) groups excluding carboxylic acids is 1.